The van der Waals surface area contributed by atoms with E-state index < -0.39 is 5.97 Å². The van der Waals surface area contributed by atoms with Gasteiger partial charge in [0.15, 0.2) is 5.13 Å². The lowest BCUT2D eigenvalue weighted by molar-refractivity contribution is -0.117. The molecule has 32 heavy (non-hydrogen) atoms. The number of nitrogens with one attached hydrogen (secondary N) is 1. The molecule has 1 N–H and O–H groups in total. The zero-order valence-electron chi connectivity index (χ0n) is 17.5. The Morgan fingerprint density at radius 3 is 2.75 bits per heavy atom. The van der Waals surface area contributed by atoms with E-state index in [0.29, 0.717) is 21.2 Å². The second-order valence-electron chi connectivity index (χ2n) is 7.30. The number of esters is 1. The van der Waals surface area contributed by atoms with Crippen LogP contribution in [-0.2, 0) is 9.53 Å². The number of carbonyl (C=O) groups excluding carboxylic acids is 2. The quantitative estimate of drug-likeness (QED) is 0.514. The zero-order valence-corrected chi connectivity index (χ0v) is 19.9. The second kappa shape index (κ2) is 10.4. The van der Waals surface area contributed by atoms with Crippen LogP contribution < -0.4 is 10.2 Å². The molecule has 1 amide bonds. The van der Waals surface area contributed by atoms with Crippen LogP contribution in [0.5, 0.6) is 0 Å². The lowest BCUT2D eigenvalue weighted by Gasteiger charge is -2.21. The number of ether oxygens (including phenoxy) is 1. The molecule has 0 bridgehead atoms. The van der Waals surface area contributed by atoms with E-state index in [9.17, 15) is 9.59 Å². The van der Waals surface area contributed by atoms with Crippen molar-refractivity contribution in [3.63, 3.8) is 0 Å². The molecule has 1 aromatic carbocycles. The van der Waals surface area contributed by atoms with Crippen LogP contribution >= 0.6 is 34.3 Å². The largest absolute Gasteiger partial charge is 0.465 e. The van der Waals surface area contributed by atoms with Crippen molar-refractivity contribution in [1.29, 1.82) is 0 Å². The Balaban J connectivity index is 1.45. The van der Waals surface area contributed by atoms with Crippen LogP contribution in [0.1, 0.15) is 16.8 Å². The topological polar surface area (TPSA) is 74.8 Å². The molecule has 10 heteroatoms. The van der Waals surface area contributed by atoms with Crippen LogP contribution in [0.3, 0.4) is 0 Å². The Bertz CT molecular complexity index is 1090. The van der Waals surface area contributed by atoms with Crippen molar-refractivity contribution < 1.29 is 14.3 Å². The predicted octanol–water partition coefficient (Wildman–Crippen LogP) is 4.46. The van der Waals surface area contributed by atoms with E-state index >= 15 is 0 Å². The molecule has 0 saturated carbocycles. The van der Waals surface area contributed by atoms with Gasteiger partial charge >= 0.3 is 5.97 Å². The third-order valence-electron chi connectivity index (χ3n) is 5.24. The molecular formula is C22H23ClN4O3S2. The Kier molecular flexibility index (Phi) is 7.41. The van der Waals surface area contributed by atoms with Gasteiger partial charge in [0.05, 0.1) is 13.7 Å². The monoisotopic (exact) mass is 490 g/mol. The molecule has 1 aliphatic rings. The molecule has 0 atom stereocenters. The summed E-state index contributed by atoms with van der Waals surface area (Å²) in [7, 11) is 1.33. The summed E-state index contributed by atoms with van der Waals surface area (Å²) >= 11 is 9.26. The highest BCUT2D eigenvalue weighted by molar-refractivity contribution is 7.15. The standard InChI is InChI=1S/C22H23ClN4O3S2/c1-30-21(29)19-16(15-5-2-3-6-17(15)23)14-32-20(19)25-18(28)13-26-8-4-9-27(11-10-26)22-24-7-12-31-22/h2-3,5-7,12,14H,4,8-11,13H2,1H3,(H,25,28). The zero-order chi connectivity index (χ0) is 22.5. The lowest BCUT2D eigenvalue weighted by Crippen LogP contribution is -2.36. The summed E-state index contributed by atoms with van der Waals surface area (Å²) in [5.74, 6) is -0.671. The van der Waals surface area contributed by atoms with E-state index in [1.165, 1.54) is 18.4 Å². The van der Waals surface area contributed by atoms with E-state index in [-0.39, 0.29) is 12.5 Å². The fourth-order valence-corrected chi connectivity index (χ4v) is 5.59. The maximum atomic E-state index is 12.8. The van der Waals surface area contributed by atoms with Crippen LogP contribution in [0.15, 0.2) is 41.2 Å². The first kappa shape index (κ1) is 22.7. The highest BCUT2D eigenvalue weighted by Gasteiger charge is 2.24. The number of nitrogens with zero attached hydrogens (tertiary/aromatic N) is 3. The number of benzene rings is 1. The van der Waals surface area contributed by atoms with Gasteiger partial charge in [-0.25, -0.2) is 9.78 Å². The lowest BCUT2D eigenvalue weighted by atomic mass is 10.0. The number of hydrogen-bond donors (Lipinski definition) is 1. The van der Waals surface area contributed by atoms with E-state index in [2.05, 4.69) is 20.1 Å². The number of thiazole rings is 1. The van der Waals surface area contributed by atoms with Crippen molar-refractivity contribution in [2.24, 2.45) is 0 Å². The number of thiophene rings is 1. The van der Waals surface area contributed by atoms with Gasteiger partial charge in [-0.05, 0) is 12.5 Å². The first-order valence-electron chi connectivity index (χ1n) is 10.2. The minimum atomic E-state index is -0.509. The first-order chi connectivity index (χ1) is 15.6. The molecule has 1 fully saturated rings. The first-order valence-corrected chi connectivity index (χ1v) is 12.3. The molecule has 168 valence electrons. The Morgan fingerprint density at radius 2 is 2.00 bits per heavy atom. The fourth-order valence-electron chi connectivity index (χ4n) is 3.69. The van der Waals surface area contributed by atoms with Gasteiger partial charge in [0, 0.05) is 59.3 Å². The van der Waals surface area contributed by atoms with Crippen molar-refractivity contribution >= 4 is 56.3 Å². The molecule has 7 nitrogen and oxygen atoms in total. The highest BCUT2D eigenvalue weighted by atomic mass is 35.5. The molecular weight excluding hydrogens is 468 g/mol. The van der Waals surface area contributed by atoms with Gasteiger partial charge in [-0.1, -0.05) is 29.8 Å². The number of amides is 1. The van der Waals surface area contributed by atoms with Gasteiger partial charge in [0.2, 0.25) is 5.91 Å². The van der Waals surface area contributed by atoms with E-state index in [1.807, 2.05) is 35.2 Å². The molecule has 3 heterocycles. The highest BCUT2D eigenvalue weighted by Crippen LogP contribution is 2.39. The average molecular weight is 491 g/mol. The number of methoxy groups -OCH3 is 1. The summed E-state index contributed by atoms with van der Waals surface area (Å²) in [5.41, 5.74) is 1.70. The average Bonchev–Trinajstić information content (AvgIpc) is 3.40. The summed E-state index contributed by atoms with van der Waals surface area (Å²) < 4.78 is 4.99. The van der Waals surface area contributed by atoms with Crippen LogP contribution in [0.4, 0.5) is 10.1 Å². The number of hydrogen-bond acceptors (Lipinski definition) is 8. The number of aromatic nitrogens is 1. The molecule has 1 aliphatic heterocycles. The molecule has 0 radical (unpaired) electrons. The molecule has 0 unspecified atom stereocenters. The fraction of sp³-hybridized carbons (Fsp3) is 0.318. The predicted molar refractivity (Wildman–Crippen MR) is 130 cm³/mol. The van der Waals surface area contributed by atoms with Crippen molar-refractivity contribution in [3.8, 4) is 11.1 Å². The third-order valence-corrected chi connectivity index (χ3v) is 7.30. The number of halogens is 1. The van der Waals surface area contributed by atoms with Crippen LogP contribution in [0, 0.1) is 0 Å². The number of carbonyl (C=O) groups is 2. The maximum absolute atomic E-state index is 12.8. The van der Waals surface area contributed by atoms with Gasteiger partial charge in [-0.2, -0.15) is 0 Å². The van der Waals surface area contributed by atoms with E-state index in [1.54, 1.807) is 17.4 Å². The summed E-state index contributed by atoms with van der Waals surface area (Å²) in [6.07, 6.45) is 2.77. The van der Waals surface area contributed by atoms with Crippen molar-refractivity contribution in [2.75, 3.05) is 50.1 Å². The van der Waals surface area contributed by atoms with Gasteiger partial charge in [0.25, 0.3) is 0 Å². The van der Waals surface area contributed by atoms with Crippen LogP contribution in [0.2, 0.25) is 5.02 Å². The van der Waals surface area contributed by atoms with Gasteiger partial charge < -0.3 is 15.0 Å². The summed E-state index contributed by atoms with van der Waals surface area (Å²) in [5, 5.41) is 8.72. The van der Waals surface area contributed by atoms with Crippen molar-refractivity contribution in [2.45, 2.75) is 6.42 Å². The second-order valence-corrected chi connectivity index (χ2v) is 9.46. The van der Waals surface area contributed by atoms with E-state index in [0.717, 1.165) is 43.3 Å². The molecule has 1 saturated heterocycles. The minimum absolute atomic E-state index is 0.162. The van der Waals surface area contributed by atoms with Crippen LogP contribution in [-0.4, -0.2) is 61.6 Å². The summed E-state index contributed by atoms with van der Waals surface area (Å²) in [6.45, 7) is 3.60. The summed E-state index contributed by atoms with van der Waals surface area (Å²) in [4.78, 5) is 34.1. The molecule has 0 aliphatic carbocycles. The van der Waals surface area contributed by atoms with Gasteiger partial charge in [0.1, 0.15) is 10.6 Å². The molecule has 3 aromatic rings. The smallest absolute Gasteiger partial charge is 0.341 e. The molecule has 0 spiro atoms. The Hall–Kier alpha value is -2.46. The van der Waals surface area contributed by atoms with Gasteiger partial charge in [-0.15, -0.1) is 22.7 Å². The normalized spacial score (nSPS) is 14.8. The van der Waals surface area contributed by atoms with Crippen molar-refractivity contribution in [3.05, 3.63) is 51.8 Å². The Morgan fingerprint density at radius 1 is 1.16 bits per heavy atom. The molecule has 2 aromatic heterocycles. The third kappa shape index (κ3) is 5.12. The SMILES string of the molecule is COC(=O)c1c(-c2ccccc2Cl)csc1NC(=O)CN1CCCN(c2nccs2)CC1. The van der Waals surface area contributed by atoms with E-state index in [4.69, 9.17) is 16.3 Å². The van der Waals surface area contributed by atoms with Crippen LogP contribution in [0.25, 0.3) is 11.1 Å². The van der Waals surface area contributed by atoms with Gasteiger partial charge in [-0.3, -0.25) is 9.69 Å². The number of anilines is 2. The Labute approximate surface area is 199 Å². The van der Waals surface area contributed by atoms with Crippen molar-refractivity contribution in [1.82, 2.24) is 9.88 Å². The maximum Gasteiger partial charge on any atom is 0.341 e. The summed E-state index contributed by atoms with van der Waals surface area (Å²) in [6, 6.07) is 7.29. The molecule has 4 rings (SSSR count). The minimum Gasteiger partial charge on any atom is -0.465 e. The number of rotatable bonds is 6.